The van der Waals surface area contributed by atoms with Crippen LogP contribution in [0.5, 0.6) is 0 Å². The molecule has 0 fully saturated rings. The second-order valence-corrected chi connectivity index (χ2v) is 13.0. The maximum absolute atomic E-state index is 6.00. The van der Waals surface area contributed by atoms with E-state index < -0.39 is 0 Å². The minimum Gasteiger partial charge on any atom is -0.330 e. The van der Waals surface area contributed by atoms with Crippen LogP contribution in [0.15, 0.2) is 48.5 Å². The fraction of sp³-hybridized carbons (Fsp3) is 0.548. The molecule has 1 unspecified atom stereocenters. The summed E-state index contributed by atoms with van der Waals surface area (Å²) in [6.45, 7) is 17.0. The summed E-state index contributed by atoms with van der Waals surface area (Å²) in [5, 5.41) is 9.57. The van der Waals surface area contributed by atoms with Crippen molar-refractivity contribution in [1.82, 2.24) is 15.0 Å². The van der Waals surface area contributed by atoms with Gasteiger partial charge in [-0.1, -0.05) is 94.8 Å². The van der Waals surface area contributed by atoms with Crippen molar-refractivity contribution in [2.24, 2.45) is 16.6 Å². The Morgan fingerprint density at radius 1 is 0.857 bits per heavy atom. The van der Waals surface area contributed by atoms with E-state index in [1.807, 2.05) is 0 Å². The number of aromatic nitrogens is 3. The fourth-order valence-corrected chi connectivity index (χ4v) is 5.81. The molecule has 0 amide bonds. The van der Waals surface area contributed by atoms with Gasteiger partial charge in [0.1, 0.15) is 5.69 Å². The first-order valence-electron chi connectivity index (χ1n) is 13.3. The van der Waals surface area contributed by atoms with Gasteiger partial charge in [0.25, 0.3) is 0 Å². The van der Waals surface area contributed by atoms with Crippen LogP contribution in [-0.4, -0.2) is 21.5 Å². The molecule has 0 saturated carbocycles. The standard InChI is InChI=1S/C31H44N4/c1-29(2,3)17-12-18-30(4,5)26-21-22-13-8-9-14-23(22)28-27(25-16-11-10-15-24(25)26)33-34-35(28)31(6,7)19-20-32/h8-11,13-16,26H,12,17-21,32H2,1-7H3. The predicted molar refractivity (Wildman–Crippen MR) is 147 cm³/mol. The number of fused-ring (bicyclic) bond motifs is 5. The van der Waals surface area contributed by atoms with E-state index in [2.05, 4.69) is 102 Å². The average Bonchev–Trinajstić information content (AvgIpc) is 3.21. The van der Waals surface area contributed by atoms with Crippen molar-refractivity contribution in [3.63, 3.8) is 0 Å². The molecule has 1 heterocycles. The zero-order chi connectivity index (χ0) is 25.4. The molecule has 2 aromatic carbocycles. The Balaban J connectivity index is 1.88. The van der Waals surface area contributed by atoms with Gasteiger partial charge in [-0.25, -0.2) is 4.68 Å². The third kappa shape index (κ3) is 5.23. The Morgan fingerprint density at radius 2 is 1.51 bits per heavy atom. The lowest BCUT2D eigenvalue weighted by Gasteiger charge is -2.38. The first-order valence-corrected chi connectivity index (χ1v) is 13.3. The SMILES string of the molecule is CC(C)(C)CCCC(C)(C)C1Cc2ccccc2-c2c(nnn2C(C)(C)CCN)-c2ccccc21. The van der Waals surface area contributed by atoms with Crippen LogP contribution in [0.25, 0.3) is 22.5 Å². The van der Waals surface area contributed by atoms with Crippen LogP contribution < -0.4 is 5.73 Å². The molecule has 1 atom stereocenters. The van der Waals surface area contributed by atoms with Gasteiger partial charge >= 0.3 is 0 Å². The van der Waals surface area contributed by atoms with Crippen molar-refractivity contribution in [3.8, 4) is 22.5 Å². The fourth-order valence-electron chi connectivity index (χ4n) is 5.81. The molecular formula is C31H44N4. The maximum Gasteiger partial charge on any atom is 0.121 e. The highest BCUT2D eigenvalue weighted by atomic mass is 15.5. The number of hydrogen-bond acceptors (Lipinski definition) is 3. The Bertz CT molecular complexity index is 1160. The zero-order valence-electron chi connectivity index (χ0n) is 22.9. The lowest BCUT2D eigenvalue weighted by Crippen LogP contribution is -2.31. The molecule has 4 heteroatoms. The monoisotopic (exact) mass is 472 g/mol. The number of rotatable bonds is 7. The molecule has 188 valence electrons. The molecule has 0 saturated heterocycles. The van der Waals surface area contributed by atoms with Crippen molar-refractivity contribution in [1.29, 1.82) is 0 Å². The first-order chi connectivity index (χ1) is 16.4. The van der Waals surface area contributed by atoms with Crippen molar-refractivity contribution >= 4 is 0 Å². The van der Waals surface area contributed by atoms with E-state index in [0.717, 1.165) is 24.2 Å². The summed E-state index contributed by atoms with van der Waals surface area (Å²) < 4.78 is 2.12. The highest BCUT2D eigenvalue weighted by Crippen LogP contribution is 2.49. The van der Waals surface area contributed by atoms with Gasteiger partial charge in [0, 0.05) is 11.1 Å². The van der Waals surface area contributed by atoms with E-state index in [9.17, 15) is 0 Å². The minimum atomic E-state index is -0.220. The summed E-state index contributed by atoms with van der Waals surface area (Å²) in [4.78, 5) is 0. The van der Waals surface area contributed by atoms with Gasteiger partial charge in [0.2, 0.25) is 0 Å². The summed E-state index contributed by atoms with van der Waals surface area (Å²) in [5.74, 6) is 0.398. The van der Waals surface area contributed by atoms with Gasteiger partial charge in [-0.15, -0.1) is 5.10 Å². The quantitative estimate of drug-likeness (QED) is 0.385. The summed E-state index contributed by atoms with van der Waals surface area (Å²) in [7, 11) is 0. The number of nitrogens with zero attached hydrogens (tertiary/aromatic N) is 3. The summed E-state index contributed by atoms with van der Waals surface area (Å²) in [5.41, 5.74) is 13.7. The van der Waals surface area contributed by atoms with Crippen LogP contribution in [0.2, 0.25) is 0 Å². The first kappa shape index (κ1) is 25.6. The molecule has 4 nitrogen and oxygen atoms in total. The van der Waals surface area contributed by atoms with Crippen LogP contribution >= 0.6 is 0 Å². The largest absolute Gasteiger partial charge is 0.330 e. The summed E-state index contributed by atoms with van der Waals surface area (Å²) >= 11 is 0. The topological polar surface area (TPSA) is 56.7 Å². The summed E-state index contributed by atoms with van der Waals surface area (Å²) in [6.07, 6.45) is 5.55. The lowest BCUT2D eigenvalue weighted by atomic mass is 9.66. The number of benzene rings is 2. The maximum atomic E-state index is 6.00. The third-order valence-corrected chi connectivity index (χ3v) is 7.98. The van der Waals surface area contributed by atoms with Gasteiger partial charge in [-0.2, -0.15) is 0 Å². The molecule has 1 aliphatic carbocycles. The molecule has 2 N–H and O–H groups in total. The van der Waals surface area contributed by atoms with Gasteiger partial charge in [-0.3, -0.25) is 0 Å². The van der Waals surface area contributed by atoms with Crippen LogP contribution in [-0.2, 0) is 12.0 Å². The van der Waals surface area contributed by atoms with Crippen LogP contribution in [0, 0.1) is 10.8 Å². The molecule has 3 aromatic rings. The third-order valence-electron chi connectivity index (χ3n) is 7.98. The number of nitrogens with two attached hydrogens (primary N) is 1. The van der Waals surface area contributed by atoms with Gasteiger partial charge in [0.05, 0.1) is 11.2 Å². The molecule has 35 heavy (non-hydrogen) atoms. The van der Waals surface area contributed by atoms with Crippen molar-refractivity contribution in [3.05, 3.63) is 59.7 Å². The molecule has 4 rings (SSSR count). The van der Waals surface area contributed by atoms with Gasteiger partial charge in [0.15, 0.2) is 0 Å². The molecule has 0 bridgehead atoms. The van der Waals surface area contributed by atoms with E-state index in [4.69, 9.17) is 16.0 Å². The van der Waals surface area contributed by atoms with Crippen molar-refractivity contribution in [2.75, 3.05) is 6.54 Å². The molecule has 1 aromatic heterocycles. The van der Waals surface area contributed by atoms with E-state index in [0.29, 0.717) is 17.9 Å². The lowest BCUT2D eigenvalue weighted by molar-refractivity contribution is 0.232. The van der Waals surface area contributed by atoms with Crippen molar-refractivity contribution < 1.29 is 0 Å². The summed E-state index contributed by atoms with van der Waals surface area (Å²) in [6, 6.07) is 17.8. The molecule has 0 spiro atoms. The van der Waals surface area contributed by atoms with E-state index >= 15 is 0 Å². The average molecular weight is 473 g/mol. The van der Waals surface area contributed by atoms with Crippen LogP contribution in [0.4, 0.5) is 0 Å². The molecule has 1 aliphatic rings. The second kappa shape index (κ2) is 9.54. The molecular weight excluding hydrogens is 428 g/mol. The Labute approximate surface area is 212 Å². The Morgan fingerprint density at radius 3 is 2.20 bits per heavy atom. The van der Waals surface area contributed by atoms with Crippen LogP contribution in [0.1, 0.15) is 91.2 Å². The molecule has 0 aliphatic heterocycles. The predicted octanol–water partition coefficient (Wildman–Crippen LogP) is 7.58. The van der Waals surface area contributed by atoms with Gasteiger partial charge < -0.3 is 5.73 Å². The minimum absolute atomic E-state index is 0.154. The van der Waals surface area contributed by atoms with E-state index in [1.165, 1.54) is 41.5 Å². The van der Waals surface area contributed by atoms with Crippen molar-refractivity contribution in [2.45, 2.75) is 92.0 Å². The Kier molecular flexibility index (Phi) is 6.98. The number of hydrogen-bond donors (Lipinski definition) is 1. The highest BCUT2D eigenvalue weighted by molar-refractivity contribution is 5.83. The zero-order valence-corrected chi connectivity index (χ0v) is 22.9. The van der Waals surface area contributed by atoms with E-state index in [-0.39, 0.29) is 11.0 Å². The van der Waals surface area contributed by atoms with Gasteiger partial charge in [-0.05, 0) is 74.0 Å². The second-order valence-electron chi connectivity index (χ2n) is 13.0. The van der Waals surface area contributed by atoms with Crippen LogP contribution in [0.3, 0.4) is 0 Å². The Hall–Kier alpha value is -2.46. The normalized spacial score (nSPS) is 16.2. The highest BCUT2D eigenvalue weighted by Gasteiger charge is 2.37. The van der Waals surface area contributed by atoms with E-state index in [1.54, 1.807) is 0 Å². The smallest absolute Gasteiger partial charge is 0.121 e. The molecule has 0 radical (unpaired) electrons.